The molecule has 1 N–H and O–H groups in total. The van der Waals surface area contributed by atoms with Crippen LogP contribution in [0, 0.1) is 0 Å². The van der Waals surface area contributed by atoms with Crippen LogP contribution in [0.1, 0.15) is 50.5 Å². The van der Waals surface area contributed by atoms with Crippen LogP contribution in [0.3, 0.4) is 0 Å². The molecule has 0 spiro atoms. The summed E-state index contributed by atoms with van der Waals surface area (Å²) in [5, 5.41) is 3.75. The highest BCUT2D eigenvalue weighted by Crippen LogP contribution is 2.32. The van der Waals surface area contributed by atoms with E-state index in [0.717, 1.165) is 13.0 Å². The zero-order valence-electron chi connectivity index (χ0n) is 11.4. The van der Waals surface area contributed by atoms with Gasteiger partial charge in [0.15, 0.2) is 0 Å². The molecule has 2 atom stereocenters. The molecule has 1 aliphatic carbocycles. The Morgan fingerprint density at radius 1 is 1.17 bits per heavy atom. The molecule has 2 rings (SSSR count). The average molecular weight is 243 g/mol. The molecule has 1 aromatic carbocycles. The smallest absolute Gasteiger partial charge is 0.0136 e. The Morgan fingerprint density at radius 3 is 2.72 bits per heavy atom. The highest BCUT2D eigenvalue weighted by Gasteiger charge is 2.25. The first kappa shape index (κ1) is 13.4. The number of benzene rings is 1. The molecule has 2 unspecified atom stereocenters. The number of hydrogen-bond acceptors (Lipinski definition) is 1. The molecule has 1 nitrogen and oxygen atoms in total. The van der Waals surface area contributed by atoms with E-state index in [0.29, 0.717) is 12.0 Å². The SMILES string of the molecule is C/C=C/CCNC1CCCCC1c1ccccc1. The zero-order chi connectivity index (χ0) is 12.6. The fourth-order valence-electron chi connectivity index (χ4n) is 2.99. The Hall–Kier alpha value is -1.08. The molecule has 0 bridgehead atoms. The van der Waals surface area contributed by atoms with Gasteiger partial charge in [0.1, 0.15) is 0 Å². The van der Waals surface area contributed by atoms with E-state index in [4.69, 9.17) is 0 Å². The first-order valence-corrected chi connectivity index (χ1v) is 7.31. The summed E-state index contributed by atoms with van der Waals surface area (Å²) in [5.41, 5.74) is 1.51. The minimum atomic E-state index is 0.673. The van der Waals surface area contributed by atoms with Gasteiger partial charge in [-0.25, -0.2) is 0 Å². The van der Waals surface area contributed by atoms with Crippen molar-refractivity contribution in [3.63, 3.8) is 0 Å². The third kappa shape index (κ3) is 3.71. The zero-order valence-corrected chi connectivity index (χ0v) is 11.4. The van der Waals surface area contributed by atoms with E-state index in [9.17, 15) is 0 Å². The van der Waals surface area contributed by atoms with Crippen LogP contribution in [0.15, 0.2) is 42.5 Å². The summed E-state index contributed by atoms with van der Waals surface area (Å²) in [6, 6.07) is 11.7. The number of allylic oxidation sites excluding steroid dienone is 1. The summed E-state index contributed by atoms with van der Waals surface area (Å²) < 4.78 is 0. The third-order valence-electron chi connectivity index (χ3n) is 3.95. The highest BCUT2D eigenvalue weighted by atomic mass is 14.9. The second kappa shape index (κ2) is 7.38. The number of hydrogen-bond donors (Lipinski definition) is 1. The van der Waals surface area contributed by atoms with Gasteiger partial charge in [-0.05, 0) is 44.2 Å². The normalized spacial score (nSPS) is 24.5. The van der Waals surface area contributed by atoms with E-state index in [1.807, 2.05) is 0 Å². The highest BCUT2D eigenvalue weighted by molar-refractivity contribution is 5.22. The van der Waals surface area contributed by atoms with Gasteiger partial charge in [-0.2, -0.15) is 0 Å². The lowest BCUT2D eigenvalue weighted by molar-refractivity contribution is 0.330. The minimum absolute atomic E-state index is 0.673. The van der Waals surface area contributed by atoms with E-state index in [-0.39, 0.29) is 0 Å². The van der Waals surface area contributed by atoms with E-state index in [1.54, 1.807) is 0 Å². The first-order chi connectivity index (χ1) is 8.92. The number of rotatable bonds is 5. The lowest BCUT2D eigenvalue weighted by atomic mass is 9.80. The first-order valence-electron chi connectivity index (χ1n) is 7.31. The van der Waals surface area contributed by atoms with Crippen LogP contribution >= 0.6 is 0 Å². The molecule has 1 aliphatic rings. The Labute approximate surface area is 111 Å². The third-order valence-corrected chi connectivity index (χ3v) is 3.95. The molecule has 0 radical (unpaired) electrons. The minimum Gasteiger partial charge on any atom is -0.313 e. The van der Waals surface area contributed by atoms with Crippen LogP contribution in [0.4, 0.5) is 0 Å². The Morgan fingerprint density at radius 2 is 1.94 bits per heavy atom. The topological polar surface area (TPSA) is 12.0 Å². The Bertz CT molecular complexity index is 355. The predicted octanol–water partition coefficient (Wildman–Crippen LogP) is 4.27. The maximum absolute atomic E-state index is 3.75. The van der Waals surface area contributed by atoms with Crippen LogP contribution in [-0.4, -0.2) is 12.6 Å². The van der Waals surface area contributed by atoms with E-state index in [1.165, 1.54) is 31.2 Å². The molecule has 0 heterocycles. The van der Waals surface area contributed by atoms with Crippen LogP contribution in [0.25, 0.3) is 0 Å². The average Bonchev–Trinajstić information content (AvgIpc) is 2.45. The van der Waals surface area contributed by atoms with Crippen molar-refractivity contribution in [2.45, 2.75) is 51.0 Å². The molecule has 18 heavy (non-hydrogen) atoms. The molecule has 0 aromatic heterocycles. The van der Waals surface area contributed by atoms with Crippen molar-refractivity contribution in [3.05, 3.63) is 48.0 Å². The van der Waals surface area contributed by atoms with Crippen molar-refractivity contribution >= 4 is 0 Å². The van der Waals surface area contributed by atoms with Gasteiger partial charge in [0.2, 0.25) is 0 Å². The summed E-state index contributed by atoms with van der Waals surface area (Å²) >= 11 is 0. The molecular formula is C17H25N. The molecule has 1 aromatic rings. The maximum atomic E-state index is 3.75. The quantitative estimate of drug-likeness (QED) is 0.601. The van der Waals surface area contributed by atoms with Gasteiger partial charge in [0, 0.05) is 6.04 Å². The molecule has 1 heteroatoms. The summed E-state index contributed by atoms with van der Waals surface area (Å²) in [6.07, 6.45) is 11.0. The van der Waals surface area contributed by atoms with E-state index < -0.39 is 0 Å². The van der Waals surface area contributed by atoms with Crippen molar-refractivity contribution in [2.75, 3.05) is 6.54 Å². The molecule has 1 saturated carbocycles. The maximum Gasteiger partial charge on any atom is 0.0136 e. The molecule has 0 saturated heterocycles. The van der Waals surface area contributed by atoms with Gasteiger partial charge in [-0.15, -0.1) is 0 Å². The molecular weight excluding hydrogens is 218 g/mol. The van der Waals surface area contributed by atoms with Crippen LogP contribution < -0.4 is 5.32 Å². The van der Waals surface area contributed by atoms with Gasteiger partial charge in [-0.3, -0.25) is 0 Å². The van der Waals surface area contributed by atoms with E-state index >= 15 is 0 Å². The number of nitrogens with one attached hydrogen (secondary N) is 1. The van der Waals surface area contributed by atoms with Crippen molar-refractivity contribution in [3.8, 4) is 0 Å². The van der Waals surface area contributed by atoms with Crippen LogP contribution in [-0.2, 0) is 0 Å². The summed E-state index contributed by atoms with van der Waals surface area (Å²) in [4.78, 5) is 0. The lowest BCUT2D eigenvalue weighted by Gasteiger charge is -2.32. The predicted molar refractivity (Wildman–Crippen MR) is 78.9 cm³/mol. The largest absolute Gasteiger partial charge is 0.313 e. The lowest BCUT2D eigenvalue weighted by Crippen LogP contribution is -2.37. The van der Waals surface area contributed by atoms with E-state index in [2.05, 4.69) is 54.7 Å². The van der Waals surface area contributed by atoms with Crippen molar-refractivity contribution in [1.82, 2.24) is 5.32 Å². The standard InChI is InChI=1S/C17H25N/c1-2-3-9-14-18-17-13-8-7-12-16(17)15-10-5-4-6-11-15/h2-6,10-11,16-18H,7-9,12-14H2,1H3/b3-2+. The second-order valence-electron chi connectivity index (χ2n) is 5.22. The van der Waals surface area contributed by atoms with Crippen LogP contribution in [0.2, 0.25) is 0 Å². The van der Waals surface area contributed by atoms with Gasteiger partial charge in [0.25, 0.3) is 0 Å². The summed E-state index contributed by atoms with van der Waals surface area (Å²) in [5.74, 6) is 0.713. The summed E-state index contributed by atoms with van der Waals surface area (Å²) in [7, 11) is 0. The fraction of sp³-hybridized carbons (Fsp3) is 0.529. The fourth-order valence-corrected chi connectivity index (χ4v) is 2.99. The van der Waals surface area contributed by atoms with Crippen molar-refractivity contribution in [2.24, 2.45) is 0 Å². The van der Waals surface area contributed by atoms with Crippen LogP contribution in [0.5, 0.6) is 0 Å². The molecule has 0 amide bonds. The Balaban J connectivity index is 1.93. The van der Waals surface area contributed by atoms with Gasteiger partial charge in [0.05, 0.1) is 0 Å². The Kier molecular flexibility index (Phi) is 5.47. The molecule has 1 fully saturated rings. The molecule has 98 valence electrons. The molecule has 0 aliphatic heterocycles. The van der Waals surface area contributed by atoms with Crippen molar-refractivity contribution < 1.29 is 0 Å². The second-order valence-corrected chi connectivity index (χ2v) is 5.22. The summed E-state index contributed by atoms with van der Waals surface area (Å²) in [6.45, 7) is 3.20. The van der Waals surface area contributed by atoms with Crippen molar-refractivity contribution in [1.29, 1.82) is 0 Å². The van der Waals surface area contributed by atoms with Gasteiger partial charge < -0.3 is 5.32 Å². The van der Waals surface area contributed by atoms with Gasteiger partial charge >= 0.3 is 0 Å². The van der Waals surface area contributed by atoms with Gasteiger partial charge in [-0.1, -0.05) is 55.3 Å². The monoisotopic (exact) mass is 243 g/mol.